The van der Waals surface area contributed by atoms with E-state index >= 15 is 0 Å². The van der Waals surface area contributed by atoms with E-state index in [-0.39, 0.29) is 16.2 Å². The summed E-state index contributed by atoms with van der Waals surface area (Å²) in [5, 5.41) is 8.34. The summed E-state index contributed by atoms with van der Waals surface area (Å²) < 4.78 is 41.4. The van der Waals surface area contributed by atoms with Gasteiger partial charge >= 0.3 is 0 Å². The van der Waals surface area contributed by atoms with Gasteiger partial charge in [-0.05, 0) is 70.0 Å². The normalized spacial score (nSPS) is 11.5. The van der Waals surface area contributed by atoms with Crippen molar-refractivity contribution in [1.29, 1.82) is 0 Å². The number of hydrogen-bond donors (Lipinski definition) is 1. The molecule has 10 heteroatoms. The van der Waals surface area contributed by atoms with E-state index in [1.165, 1.54) is 30.0 Å². The summed E-state index contributed by atoms with van der Waals surface area (Å²) >= 11 is 0. The first-order valence-corrected chi connectivity index (χ1v) is 12.3. The Morgan fingerprint density at radius 1 is 0.971 bits per heavy atom. The van der Waals surface area contributed by atoms with Gasteiger partial charge in [0.2, 0.25) is 0 Å². The van der Waals surface area contributed by atoms with Crippen LogP contribution in [0.5, 0.6) is 5.75 Å². The van der Waals surface area contributed by atoms with Gasteiger partial charge in [-0.15, -0.1) is 0 Å². The highest BCUT2D eigenvalue weighted by atomic mass is 32.2. The van der Waals surface area contributed by atoms with Crippen LogP contribution in [-0.2, 0) is 10.0 Å². The molecule has 2 aromatic carbocycles. The fourth-order valence-electron chi connectivity index (χ4n) is 4.08. The minimum Gasteiger partial charge on any atom is -0.495 e. The molecule has 0 fully saturated rings. The van der Waals surface area contributed by atoms with Crippen molar-refractivity contribution >= 4 is 15.7 Å². The number of aryl methyl sites for hydroxylation is 5. The van der Waals surface area contributed by atoms with E-state index in [2.05, 4.69) is 15.0 Å². The molecule has 4 aromatic rings. The fraction of sp³-hybridized carbons (Fsp3) is 0.240. The molecule has 0 aliphatic heterocycles. The Balaban J connectivity index is 1.82. The number of methoxy groups -OCH3 is 1. The minimum absolute atomic E-state index is 0.0474. The molecular weight excluding hydrogens is 468 g/mol. The molecule has 9 nitrogen and oxygen atoms in total. The molecule has 0 saturated carbocycles. The Morgan fingerprint density at radius 2 is 1.66 bits per heavy atom. The van der Waals surface area contributed by atoms with Crippen molar-refractivity contribution in [3.05, 3.63) is 81.0 Å². The van der Waals surface area contributed by atoms with E-state index in [1.54, 1.807) is 26.0 Å². The number of benzene rings is 2. The summed E-state index contributed by atoms with van der Waals surface area (Å²) in [6, 6.07) is 11.5. The van der Waals surface area contributed by atoms with Gasteiger partial charge in [0.25, 0.3) is 15.6 Å². The molecule has 182 valence electrons. The first-order valence-electron chi connectivity index (χ1n) is 10.8. The zero-order chi connectivity index (χ0) is 25.5. The maximum absolute atomic E-state index is 13.5. The predicted octanol–water partition coefficient (Wildman–Crippen LogP) is 4.24. The van der Waals surface area contributed by atoms with Crippen molar-refractivity contribution in [2.24, 2.45) is 0 Å². The van der Waals surface area contributed by atoms with Gasteiger partial charge in [0.1, 0.15) is 22.0 Å². The second-order valence-corrected chi connectivity index (χ2v) is 10.0. The summed E-state index contributed by atoms with van der Waals surface area (Å²) in [5.74, 6) is 0.628. The summed E-state index contributed by atoms with van der Waals surface area (Å²) in [5.41, 5.74) is 4.68. The van der Waals surface area contributed by atoms with E-state index < -0.39 is 10.0 Å². The SMILES string of the molecule is COc1ccc(-c2ccc(=O)n(-c3c(C)noc3C)n2)cc1S(=O)(=O)Nc1c(C)cc(C)cc1C. The first-order chi connectivity index (χ1) is 16.5. The molecule has 2 heterocycles. The van der Waals surface area contributed by atoms with Crippen LogP contribution in [0.3, 0.4) is 0 Å². The van der Waals surface area contributed by atoms with Gasteiger partial charge in [0.05, 0.1) is 18.5 Å². The molecule has 35 heavy (non-hydrogen) atoms. The lowest BCUT2D eigenvalue weighted by molar-refractivity contribution is 0.392. The van der Waals surface area contributed by atoms with Crippen LogP contribution in [0.4, 0.5) is 5.69 Å². The molecule has 4 rings (SSSR count). The van der Waals surface area contributed by atoms with E-state index in [0.29, 0.717) is 34.1 Å². The topological polar surface area (TPSA) is 116 Å². The zero-order valence-electron chi connectivity index (χ0n) is 20.3. The lowest BCUT2D eigenvalue weighted by Gasteiger charge is -2.16. The highest BCUT2D eigenvalue weighted by Gasteiger charge is 2.23. The van der Waals surface area contributed by atoms with Crippen LogP contribution < -0.4 is 15.0 Å². The van der Waals surface area contributed by atoms with E-state index in [1.807, 2.05) is 32.9 Å². The Hall–Kier alpha value is -3.92. The van der Waals surface area contributed by atoms with Crippen LogP contribution in [0.15, 0.2) is 56.7 Å². The second-order valence-electron chi connectivity index (χ2n) is 8.39. The van der Waals surface area contributed by atoms with Gasteiger partial charge in [-0.25, -0.2) is 8.42 Å². The second kappa shape index (κ2) is 9.03. The summed E-state index contributed by atoms with van der Waals surface area (Å²) in [6.45, 7) is 9.07. The van der Waals surface area contributed by atoms with Gasteiger partial charge in [-0.2, -0.15) is 9.78 Å². The number of rotatable bonds is 6. The Kier molecular flexibility index (Phi) is 6.25. The molecule has 0 atom stereocenters. The summed E-state index contributed by atoms with van der Waals surface area (Å²) in [6.07, 6.45) is 0. The largest absolute Gasteiger partial charge is 0.495 e. The minimum atomic E-state index is -4.02. The highest BCUT2D eigenvalue weighted by molar-refractivity contribution is 7.92. The van der Waals surface area contributed by atoms with Crippen LogP contribution in [-0.4, -0.2) is 30.5 Å². The first kappa shape index (κ1) is 24.2. The average Bonchev–Trinajstić information content (AvgIpc) is 3.14. The van der Waals surface area contributed by atoms with Crippen LogP contribution in [0.2, 0.25) is 0 Å². The standard InChI is InChI=1S/C25H26N4O5S/c1-14-11-15(2)24(16(3)12-14)28-35(31,32)22-13-19(7-9-21(22)33-6)20-8-10-23(30)29(26-20)25-17(4)27-34-18(25)5/h7-13,28H,1-6H3. The maximum Gasteiger partial charge on any atom is 0.271 e. The number of anilines is 1. The van der Waals surface area contributed by atoms with Crippen molar-refractivity contribution in [2.75, 3.05) is 11.8 Å². The molecule has 0 aliphatic carbocycles. The van der Waals surface area contributed by atoms with E-state index in [4.69, 9.17) is 9.26 Å². The van der Waals surface area contributed by atoms with Crippen LogP contribution in [0.25, 0.3) is 16.9 Å². The summed E-state index contributed by atoms with van der Waals surface area (Å²) in [4.78, 5) is 12.5. The molecule has 1 N–H and O–H groups in total. The third kappa shape index (κ3) is 4.57. The monoisotopic (exact) mass is 494 g/mol. The molecule has 0 aliphatic rings. The van der Waals surface area contributed by atoms with Gasteiger partial charge < -0.3 is 9.26 Å². The molecule has 0 unspecified atom stereocenters. The van der Waals surface area contributed by atoms with Gasteiger partial charge in [0, 0.05) is 11.6 Å². The van der Waals surface area contributed by atoms with Crippen molar-refractivity contribution in [3.8, 4) is 22.7 Å². The van der Waals surface area contributed by atoms with E-state index in [0.717, 1.165) is 16.7 Å². The molecule has 0 saturated heterocycles. The zero-order valence-corrected chi connectivity index (χ0v) is 21.1. The Labute approximate surface area is 203 Å². The lowest BCUT2D eigenvalue weighted by Crippen LogP contribution is -2.21. The number of nitrogens with one attached hydrogen (secondary N) is 1. The van der Waals surface area contributed by atoms with Gasteiger partial charge in [0.15, 0.2) is 5.76 Å². The van der Waals surface area contributed by atoms with Crippen molar-refractivity contribution in [2.45, 2.75) is 39.5 Å². The summed E-state index contributed by atoms with van der Waals surface area (Å²) in [7, 11) is -2.61. The molecule has 0 bridgehead atoms. The highest BCUT2D eigenvalue weighted by Crippen LogP contribution is 2.32. The predicted molar refractivity (Wildman–Crippen MR) is 133 cm³/mol. The van der Waals surface area contributed by atoms with Crippen molar-refractivity contribution in [1.82, 2.24) is 14.9 Å². The van der Waals surface area contributed by atoms with Gasteiger partial charge in [-0.3, -0.25) is 9.52 Å². The van der Waals surface area contributed by atoms with Gasteiger partial charge in [-0.1, -0.05) is 22.9 Å². The third-order valence-electron chi connectivity index (χ3n) is 5.67. The molecule has 0 radical (unpaired) electrons. The third-order valence-corrected chi connectivity index (χ3v) is 7.04. The van der Waals surface area contributed by atoms with Crippen LogP contribution >= 0.6 is 0 Å². The fourth-order valence-corrected chi connectivity index (χ4v) is 5.48. The Bertz CT molecular complexity index is 1560. The number of aromatic nitrogens is 3. The average molecular weight is 495 g/mol. The molecule has 2 aromatic heterocycles. The smallest absolute Gasteiger partial charge is 0.271 e. The van der Waals surface area contributed by atoms with Crippen molar-refractivity contribution in [3.63, 3.8) is 0 Å². The molecule has 0 spiro atoms. The number of hydrogen-bond acceptors (Lipinski definition) is 7. The van der Waals surface area contributed by atoms with Crippen LogP contribution in [0.1, 0.15) is 28.1 Å². The molecule has 0 amide bonds. The maximum atomic E-state index is 13.5. The quantitative estimate of drug-likeness (QED) is 0.426. The number of nitrogens with zero attached hydrogens (tertiary/aromatic N) is 3. The number of ether oxygens (including phenoxy) is 1. The lowest BCUT2D eigenvalue weighted by atomic mass is 10.1. The molecular formula is C25H26N4O5S. The van der Waals surface area contributed by atoms with Crippen LogP contribution in [0, 0.1) is 34.6 Å². The van der Waals surface area contributed by atoms with Crippen molar-refractivity contribution < 1.29 is 17.7 Å². The number of sulfonamides is 1. The van der Waals surface area contributed by atoms with E-state index in [9.17, 15) is 13.2 Å². The Morgan fingerprint density at radius 3 is 2.26 bits per heavy atom.